The molecule has 3 rings (SSSR count). The monoisotopic (exact) mass is 483 g/mol. The van der Waals surface area contributed by atoms with Gasteiger partial charge in [0.15, 0.2) is 5.96 Å². The summed E-state index contributed by atoms with van der Waals surface area (Å²) in [6.45, 7) is 7.57. The highest BCUT2D eigenvalue weighted by Gasteiger charge is 2.08. The van der Waals surface area contributed by atoms with Gasteiger partial charge in [0.05, 0.1) is 12.2 Å². The fourth-order valence-electron chi connectivity index (χ4n) is 2.73. The zero-order valence-electron chi connectivity index (χ0n) is 15.5. The molecule has 1 aromatic heterocycles. The Hall–Kier alpha value is -1.61. The highest BCUT2D eigenvalue weighted by atomic mass is 127. The average molecular weight is 483 g/mol. The van der Waals surface area contributed by atoms with Crippen LogP contribution in [-0.4, -0.2) is 31.1 Å². The second kappa shape index (κ2) is 9.91. The molecule has 1 aliphatic heterocycles. The Morgan fingerprint density at radius 3 is 2.58 bits per heavy atom. The van der Waals surface area contributed by atoms with Crippen LogP contribution in [0.3, 0.4) is 0 Å². The van der Waals surface area contributed by atoms with Crippen LogP contribution in [0.1, 0.15) is 21.1 Å². The first-order chi connectivity index (χ1) is 12.2. The first-order valence-corrected chi connectivity index (χ1v) is 9.33. The molecule has 0 aliphatic carbocycles. The summed E-state index contributed by atoms with van der Waals surface area (Å²) < 4.78 is 0. The van der Waals surface area contributed by atoms with Crippen LogP contribution in [0.25, 0.3) is 0 Å². The van der Waals surface area contributed by atoms with E-state index in [0.29, 0.717) is 6.54 Å². The normalized spacial score (nSPS) is 13.7. The van der Waals surface area contributed by atoms with Gasteiger partial charge in [-0.3, -0.25) is 4.99 Å². The zero-order chi connectivity index (χ0) is 17.6. The molecule has 0 saturated heterocycles. The van der Waals surface area contributed by atoms with Crippen molar-refractivity contribution in [3.63, 3.8) is 0 Å². The number of thiazole rings is 1. The van der Waals surface area contributed by atoms with Crippen molar-refractivity contribution < 1.29 is 0 Å². The van der Waals surface area contributed by atoms with Gasteiger partial charge >= 0.3 is 0 Å². The summed E-state index contributed by atoms with van der Waals surface area (Å²) in [6.07, 6.45) is 4.41. The van der Waals surface area contributed by atoms with E-state index >= 15 is 0 Å². The van der Waals surface area contributed by atoms with Gasteiger partial charge in [0.1, 0.15) is 5.01 Å². The summed E-state index contributed by atoms with van der Waals surface area (Å²) in [7, 11) is 1.79. The lowest BCUT2D eigenvalue weighted by atomic mass is 10.2. The lowest BCUT2D eigenvalue weighted by Gasteiger charge is -2.19. The van der Waals surface area contributed by atoms with Gasteiger partial charge in [-0.1, -0.05) is 24.3 Å². The van der Waals surface area contributed by atoms with Crippen LogP contribution < -0.4 is 15.5 Å². The Balaban J connectivity index is 0.00000243. The maximum atomic E-state index is 4.55. The van der Waals surface area contributed by atoms with E-state index in [1.54, 1.807) is 18.4 Å². The van der Waals surface area contributed by atoms with Crippen molar-refractivity contribution in [3.05, 3.63) is 57.6 Å². The molecular weight excluding hydrogens is 457 g/mol. The SMILES string of the molecule is CN=C(NCc1cccc(N2CC=CC2)c1)NCc1nc(C)c(C)s1.I. The number of anilines is 1. The Morgan fingerprint density at radius 1 is 1.19 bits per heavy atom. The Labute approximate surface area is 176 Å². The van der Waals surface area contributed by atoms with E-state index in [1.165, 1.54) is 16.1 Å². The maximum Gasteiger partial charge on any atom is 0.191 e. The fourth-order valence-corrected chi connectivity index (χ4v) is 3.61. The van der Waals surface area contributed by atoms with E-state index in [-0.39, 0.29) is 24.0 Å². The van der Waals surface area contributed by atoms with Crippen molar-refractivity contribution in [1.29, 1.82) is 0 Å². The molecule has 140 valence electrons. The third kappa shape index (κ3) is 5.44. The number of hydrogen-bond acceptors (Lipinski definition) is 4. The van der Waals surface area contributed by atoms with Crippen LogP contribution >= 0.6 is 35.3 Å². The van der Waals surface area contributed by atoms with Crippen molar-refractivity contribution >= 4 is 47.0 Å². The van der Waals surface area contributed by atoms with E-state index in [9.17, 15) is 0 Å². The molecule has 1 aromatic carbocycles. The predicted molar refractivity (Wildman–Crippen MR) is 122 cm³/mol. The number of aliphatic imine (C=N–C) groups is 1. The van der Waals surface area contributed by atoms with Crippen LogP contribution in [0.15, 0.2) is 41.4 Å². The summed E-state index contributed by atoms with van der Waals surface area (Å²) in [6, 6.07) is 8.65. The molecular formula is C19H26IN5S. The number of nitrogens with one attached hydrogen (secondary N) is 2. The zero-order valence-corrected chi connectivity index (χ0v) is 18.6. The first-order valence-electron chi connectivity index (χ1n) is 8.52. The van der Waals surface area contributed by atoms with Crippen molar-refractivity contribution in [1.82, 2.24) is 15.6 Å². The molecule has 0 spiro atoms. The Kier molecular flexibility index (Phi) is 7.89. The second-order valence-electron chi connectivity index (χ2n) is 6.07. The molecule has 2 N–H and O–H groups in total. The highest BCUT2D eigenvalue weighted by molar-refractivity contribution is 14.0. The average Bonchev–Trinajstić information content (AvgIpc) is 3.26. The summed E-state index contributed by atoms with van der Waals surface area (Å²) in [4.78, 5) is 12.5. The number of halogens is 1. The van der Waals surface area contributed by atoms with Crippen LogP contribution in [-0.2, 0) is 13.1 Å². The minimum atomic E-state index is 0. The number of guanidine groups is 1. The van der Waals surface area contributed by atoms with Crippen molar-refractivity contribution in [2.75, 3.05) is 25.0 Å². The molecule has 2 heterocycles. The fraction of sp³-hybridized carbons (Fsp3) is 0.368. The molecule has 0 amide bonds. The topological polar surface area (TPSA) is 52.6 Å². The third-order valence-electron chi connectivity index (χ3n) is 4.26. The summed E-state index contributed by atoms with van der Waals surface area (Å²) in [5.74, 6) is 0.791. The predicted octanol–water partition coefficient (Wildman–Crippen LogP) is 3.62. The Bertz CT molecular complexity index is 756. The van der Waals surface area contributed by atoms with Gasteiger partial charge in [0.25, 0.3) is 0 Å². The van der Waals surface area contributed by atoms with Gasteiger partial charge in [-0.05, 0) is 31.5 Å². The van der Waals surface area contributed by atoms with E-state index < -0.39 is 0 Å². The van der Waals surface area contributed by atoms with Crippen molar-refractivity contribution in [3.8, 4) is 0 Å². The minimum absolute atomic E-state index is 0. The molecule has 0 bridgehead atoms. The van der Waals surface area contributed by atoms with Gasteiger partial charge in [-0.25, -0.2) is 4.98 Å². The van der Waals surface area contributed by atoms with Gasteiger partial charge in [0, 0.05) is 37.2 Å². The largest absolute Gasteiger partial charge is 0.364 e. The lowest BCUT2D eigenvalue weighted by Crippen LogP contribution is -2.36. The molecule has 7 heteroatoms. The number of aromatic nitrogens is 1. The highest BCUT2D eigenvalue weighted by Crippen LogP contribution is 2.18. The third-order valence-corrected chi connectivity index (χ3v) is 5.33. The van der Waals surface area contributed by atoms with Crippen LogP contribution in [0.4, 0.5) is 5.69 Å². The molecule has 0 atom stereocenters. The summed E-state index contributed by atoms with van der Waals surface area (Å²) in [5.41, 5.74) is 3.62. The number of hydrogen-bond donors (Lipinski definition) is 2. The van der Waals surface area contributed by atoms with Crippen LogP contribution in [0.2, 0.25) is 0 Å². The number of rotatable bonds is 5. The lowest BCUT2D eigenvalue weighted by molar-refractivity contribution is 0.803. The summed E-state index contributed by atoms with van der Waals surface area (Å²) in [5, 5.41) is 7.79. The first kappa shape index (κ1) is 20.7. The quantitative estimate of drug-likeness (QED) is 0.295. The van der Waals surface area contributed by atoms with Crippen molar-refractivity contribution in [2.45, 2.75) is 26.9 Å². The molecule has 5 nitrogen and oxygen atoms in total. The van der Waals surface area contributed by atoms with E-state index in [0.717, 1.165) is 36.3 Å². The second-order valence-corrected chi connectivity index (χ2v) is 7.36. The Morgan fingerprint density at radius 2 is 1.92 bits per heavy atom. The van der Waals surface area contributed by atoms with Crippen LogP contribution in [0.5, 0.6) is 0 Å². The van der Waals surface area contributed by atoms with E-state index in [2.05, 4.69) is 68.9 Å². The molecule has 0 saturated carbocycles. The summed E-state index contributed by atoms with van der Waals surface area (Å²) >= 11 is 1.73. The van der Waals surface area contributed by atoms with Gasteiger partial charge < -0.3 is 15.5 Å². The minimum Gasteiger partial charge on any atom is -0.364 e. The van der Waals surface area contributed by atoms with Crippen LogP contribution in [0, 0.1) is 13.8 Å². The smallest absolute Gasteiger partial charge is 0.191 e. The number of aryl methyl sites for hydroxylation is 2. The van der Waals surface area contributed by atoms with Gasteiger partial charge in [0.2, 0.25) is 0 Å². The molecule has 0 radical (unpaired) electrons. The van der Waals surface area contributed by atoms with Gasteiger partial charge in [-0.15, -0.1) is 35.3 Å². The molecule has 0 fully saturated rings. The molecule has 2 aromatic rings. The molecule has 26 heavy (non-hydrogen) atoms. The number of benzene rings is 1. The van der Waals surface area contributed by atoms with E-state index in [1.807, 2.05) is 6.92 Å². The van der Waals surface area contributed by atoms with Gasteiger partial charge in [-0.2, -0.15) is 0 Å². The number of nitrogens with zero attached hydrogens (tertiary/aromatic N) is 3. The van der Waals surface area contributed by atoms with Crippen molar-refractivity contribution in [2.24, 2.45) is 4.99 Å². The molecule has 0 unspecified atom stereocenters. The van der Waals surface area contributed by atoms with E-state index in [4.69, 9.17) is 0 Å². The maximum absolute atomic E-state index is 4.55. The standard InChI is InChI=1S/C19H25N5S.HI/c1-14-15(2)25-18(23-14)13-22-19(20-3)21-12-16-7-6-8-17(11-16)24-9-4-5-10-24;/h4-8,11H,9-10,12-13H2,1-3H3,(H2,20,21,22);1H. The molecule has 1 aliphatic rings.